The Morgan fingerprint density at radius 1 is 1.21 bits per heavy atom. The van der Waals surface area contributed by atoms with Crippen LogP contribution in [0.2, 0.25) is 10.0 Å². The summed E-state index contributed by atoms with van der Waals surface area (Å²) in [5.41, 5.74) is 0.314. The number of hydrogen-bond acceptors (Lipinski definition) is 2. The van der Waals surface area contributed by atoms with Crippen molar-refractivity contribution in [2.24, 2.45) is 0 Å². The first-order valence-electron chi connectivity index (χ1n) is 6.69. The lowest BCUT2D eigenvalue weighted by atomic mass is 10.1. The Bertz CT molecular complexity index is 827. The Hall–Kier alpha value is -2.42. The fraction of sp³-hybridized carbons (Fsp3) is 0.0588. The third kappa shape index (κ3) is 4.31. The van der Waals surface area contributed by atoms with Crippen LogP contribution < -0.4 is 5.32 Å². The standard InChI is InChI=1S/C17H10Cl2F2N2O/c18-13-2-1-3-14(19)11(13)6-7-17(24)23-16(9-22)12-5-4-10(20)8-15(12)21/h1-8,16H,(H,23,24)/b7-6+. The number of halogens is 4. The summed E-state index contributed by atoms with van der Waals surface area (Å²) in [5, 5.41) is 12.1. The van der Waals surface area contributed by atoms with Crippen LogP contribution in [0.15, 0.2) is 42.5 Å². The number of carbonyl (C=O) groups is 1. The van der Waals surface area contributed by atoms with Crippen LogP contribution in [-0.2, 0) is 4.79 Å². The molecule has 0 saturated carbocycles. The lowest BCUT2D eigenvalue weighted by molar-refractivity contribution is -0.116. The summed E-state index contributed by atoms with van der Waals surface area (Å²) in [7, 11) is 0. The summed E-state index contributed by atoms with van der Waals surface area (Å²) in [6.45, 7) is 0. The van der Waals surface area contributed by atoms with Gasteiger partial charge in [0.1, 0.15) is 17.7 Å². The average Bonchev–Trinajstić information content (AvgIpc) is 2.52. The minimum absolute atomic E-state index is 0.128. The van der Waals surface area contributed by atoms with Gasteiger partial charge in [-0.1, -0.05) is 35.3 Å². The molecule has 0 aliphatic rings. The first-order chi connectivity index (χ1) is 11.4. The smallest absolute Gasteiger partial charge is 0.245 e. The molecule has 3 nitrogen and oxygen atoms in total. The second-order valence-corrected chi connectivity index (χ2v) is 5.52. The predicted octanol–water partition coefficient (Wildman–Crippen LogP) is 4.67. The molecule has 0 aromatic heterocycles. The molecule has 1 amide bonds. The Balaban J connectivity index is 2.16. The van der Waals surface area contributed by atoms with E-state index in [1.807, 2.05) is 0 Å². The minimum Gasteiger partial charge on any atom is -0.333 e. The second-order valence-electron chi connectivity index (χ2n) is 4.71. The fourth-order valence-electron chi connectivity index (χ4n) is 1.93. The largest absolute Gasteiger partial charge is 0.333 e. The Kier molecular flexibility index (Phi) is 5.91. The zero-order chi connectivity index (χ0) is 17.7. The Morgan fingerprint density at radius 2 is 1.88 bits per heavy atom. The van der Waals surface area contributed by atoms with Gasteiger partial charge in [0.05, 0.1) is 6.07 Å². The van der Waals surface area contributed by atoms with Gasteiger partial charge in [0.25, 0.3) is 0 Å². The van der Waals surface area contributed by atoms with Crippen LogP contribution in [0, 0.1) is 23.0 Å². The topological polar surface area (TPSA) is 52.9 Å². The van der Waals surface area contributed by atoms with E-state index >= 15 is 0 Å². The van der Waals surface area contributed by atoms with E-state index in [2.05, 4.69) is 5.32 Å². The highest BCUT2D eigenvalue weighted by Gasteiger charge is 2.17. The van der Waals surface area contributed by atoms with Crippen molar-refractivity contribution < 1.29 is 13.6 Å². The molecule has 0 spiro atoms. The minimum atomic E-state index is -1.26. The second kappa shape index (κ2) is 7.91. The molecule has 0 aliphatic heterocycles. The molecule has 0 radical (unpaired) electrons. The van der Waals surface area contributed by atoms with E-state index in [0.29, 0.717) is 21.7 Å². The number of carbonyl (C=O) groups excluding carboxylic acids is 1. The van der Waals surface area contributed by atoms with Crippen molar-refractivity contribution in [3.05, 3.63) is 75.3 Å². The van der Waals surface area contributed by atoms with Gasteiger partial charge in [-0.25, -0.2) is 8.78 Å². The van der Waals surface area contributed by atoms with Gasteiger partial charge in [-0.15, -0.1) is 0 Å². The van der Waals surface area contributed by atoms with E-state index in [9.17, 15) is 13.6 Å². The first kappa shape index (κ1) is 17.9. The molecule has 0 bridgehead atoms. The van der Waals surface area contributed by atoms with Gasteiger partial charge in [-0.3, -0.25) is 4.79 Å². The summed E-state index contributed by atoms with van der Waals surface area (Å²) >= 11 is 11.9. The van der Waals surface area contributed by atoms with Gasteiger partial charge in [0.2, 0.25) is 5.91 Å². The summed E-state index contributed by atoms with van der Waals surface area (Å²) in [6, 6.07) is 8.12. The van der Waals surface area contributed by atoms with Gasteiger partial charge in [-0.05, 0) is 24.3 Å². The zero-order valence-electron chi connectivity index (χ0n) is 12.1. The van der Waals surface area contributed by atoms with E-state index < -0.39 is 23.6 Å². The number of nitriles is 1. The Morgan fingerprint density at radius 3 is 2.46 bits per heavy atom. The molecule has 1 unspecified atom stereocenters. The number of rotatable bonds is 4. The fourth-order valence-corrected chi connectivity index (χ4v) is 2.46. The number of amides is 1. The van der Waals surface area contributed by atoms with Crippen molar-refractivity contribution in [2.75, 3.05) is 0 Å². The van der Waals surface area contributed by atoms with Gasteiger partial charge >= 0.3 is 0 Å². The van der Waals surface area contributed by atoms with E-state index in [1.165, 1.54) is 6.08 Å². The van der Waals surface area contributed by atoms with Crippen molar-refractivity contribution in [1.29, 1.82) is 5.26 Å². The number of nitrogens with one attached hydrogen (secondary N) is 1. The van der Waals surface area contributed by atoms with E-state index in [1.54, 1.807) is 24.3 Å². The van der Waals surface area contributed by atoms with Crippen molar-refractivity contribution in [3.63, 3.8) is 0 Å². The Labute approximate surface area is 147 Å². The van der Waals surface area contributed by atoms with Crippen LogP contribution >= 0.6 is 23.2 Å². The molecule has 0 heterocycles. The highest BCUT2D eigenvalue weighted by Crippen LogP contribution is 2.25. The maximum absolute atomic E-state index is 13.7. The molecule has 122 valence electrons. The summed E-state index contributed by atoms with van der Waals surface area (Å²) in [6.07, 6.45) is 2.51. The third-order valence-electron chi connectivity index (χ3n) is 3.09. The number of benzene rings is 2. The highest BCUT2D eigenvalue weighted by atomic mass is 35.5. The number of hydrogen-bond donors (Lipinski definition) is 1. The highest BCUT2D eigenvalue weighted by molar-refractivity contribution is 6.37. The van der Waals surface area contributed by atoms with Gasteiger partial charge in [-0.2, -0.15) is 5.26 Å². The van der Waals surface area contributed by atoms with Crippen molar-refractivity contribution >= 4 is 35.2 Å². The van der Waals surface area contributed by atoms with Gasteiger partial charge in [0.15, 0.2) is 0 Å². The summed E-state index contributed by atoms with van der Waals surface area (Å²) in [5.74, 6) is -2.34. The quantitative estimate of drug-likeness (QED) is 0.799. The molecular formula is C17H10Cl2F2N2O. The van der Waals surface area contributed by atoms with Crippen LogP contribution in [0.5, 0.6) is 0 Å². The third-order valence-corrected chi connectivity index (χ3v) is 3.75. The van der Waals surface area contributed by atoms with Crippen LogP contribution in [0.3, 0.4) is 0 Å². The molecule has 0 saturated heterocycles. The monoisotopic (exact) mass is 366 g/mol. The molecule has 2 aromatic rings. The van der Waals surface area contributed by atoms with E-state index in [4.69, 9.17) is 28.5 Å². The van der Waals surface area contributed by atoms with Gasteiger partial charge in [0, 0.05) is 33.3 Å². The molecule has 0 fully saturated rings. The van der Waals surface area contributed by atoms with E-state index in [-0.39, 0.29) is 5.56 Å². The number of nitrogens with zero attached hydrogens (tertiary/aromatic N) is 1. The van der Waals surface area contributed by atoms with Crippen molar-refractivity contribution in [2.45, 2.75) is 6.04 Å². The molecule has 7 heteroatoms. The zero-order valence-corrected chi connectivity index (χ0v) is 13.6. The predicted molar refractivity (Wildman–Crippen MR) is 88.4 cm³/mol. The lowest BCUT2D eigenvalue weighted by Crippen LogP contribution is -2.26. The molecule has 0 aliphatic carbocycles. The van der Waals surface area contributed by atoms with Gasteiger partial charge < -0.3 is 5.32 Å². The van der Waals surface area contributed by atoms with E-state index in [0.717, 1.165) is 18.2 Å². The first-order valence-corrected chi connectivity index (χ1v) is 7.45. The molecule has 24 heavy (non-hydrogen) atoms. The SMILES string of the molecule is N#CC(NC(=O)/C=C/c1c(Cl)cccc1Cl)c1ccc(F)cc1F. The maximum atomic E-state index is 13.7. The van der Waals surface area contributed by atoms with Crippen molar-refractivity contribution in [1.82, 2.24) is 5.32 Å². The van der Waals surface area contributed by atoms with Crippen LogP contribution in [0.4, 0.5) is 8.78 Å². The van der Waals surface area contributed by atoms with Crippen LogP contribution in [0.1, 0.15) is 17.2 Å². The van der Waals surface area contributed by atoms with Crippen LogP contribution in [-0.4, -0.2) is 5.91 Å². The summed E-state index contributed by atoms with van der Waals surface area (Å²) < 4.78 is 26.6. The lowest BCUT2D eigenvalue weighted by Gasteiger charge is -2.11. The molecule has 1 N–H and O–H groups in total. The average molecular weight is 367 g/mol. The molecule has 2 aromatic carbocycles. The van der Waals surface area contributed by atoms with Crippen molar-refractivity contribution in [3.8, 4) is 6.07 Å². The molecule has 2 rings (SSSR count). The molecular weight excluding hydrogens is 357 g/mol. The molecule has 1 atom stereocenters. The normalized spacial score (nSPS) is 12.0. The van der Waals surface area contributed by atoms with Crippen LogP contribution in [0.25, 0.3) is 6.08 Å². The maximum Gasteiger partial charge on any atom is 0.245 e. The summed E-state index contributed by atoms with van der Waals surface area (Å²) in [4.78, 5) is 11.9.